The smallest absolute Gasteiger partial charge is 0.231 e. The van der Waals surface area contributed by atoms with Gasteiger partial charge in [0.1, 0.15) is 23.9 Å². The van der Waals surface area contributed by atoms with Gasteiger partial charge in [-0.1, -0.05) is 46.9 Å². The van der Waals surface area contributed by atoms with E-state index < -0.39 is 5.82 Å². The second-order valence-corrected chi connectivity index (χ2v) is 7.95. The lowest BCUT2D eigenvalue weighted by molar-refractivity contribution is 0.101. The van der Waals surface area contributed by atoms with Gasteiger partial charge in [-0.2, -0.15) is 0 Å². The number of rotatable bonds is 4. The maximum atomic E-state index is 13.2. The van der Waals surface area contributed by atoms with Crippen molar-refractivity contribution >= 4 is 46.7 Å². The van der Waals surface area contributed by atoms with Crippen molar-refractivity contribution in [3.05, 3.63) is 97.4 Å². The minimum absolute atomic E-state index is 0.149. The highest BCUT2D eigenvalue weighted by Crippen LogP contribution is 2.40. The maximum absolute atomic E-state index is 13.2. The lowest BCUT2D eigenvalue weighted by Gasteiger charge is -2.12. The summed E-state index contributed by atoms with van der Waals surface area (Å²) in [6.07, 6.45) is 1.58. The summed E-state index contributed by atoms with van der Waals surface area (Å²) in [4.78, 5) is 12.7. The summed E-state index contributed by atoms with van der Waals surface area (Å²) in [7, 11) is 0. The number of halogens is 4. The van der Waals surface area contributed by atoms with Gasteiger partial charge in [0.05, 0.1) is 10.6 Å². The third kappa shape index (κ3) is 4.04. The molecule has 30 heavy (non-hydrogen) atoms. The van der Waals surface area contributed by atoms with Crippen molar-refractivity contribution in [3.63, 3.8) is 0 Å². The van der Waals surface area contributed by atoms with Crippen LogP contribution in [-0.4, -0.2) is 5.78 Å². The van der Waals surface area contributed by atoms with Gasteiger partial charge in [-0.15, -0.1) is 0 Å². The molecule has 3 aromatic rings. The molecule has 0 spiro atoms. The van der Waals surface area contributed by atoms with Gasteiger partial charge in [-0.05, 0) is 55.0 Å². The first-order valence-electron chi connectivity index (χ1n) is 8.93. The van der Waals surface area contributed by atoms with E-state index in [1.165, 1.54) is 12.1 Å². The van der Waals surface area contributed by atoms with Crippen LogP contribution in [0.15, 0.2) is 54.3 Å². The summed E-state index contributed by atoms with van der Waals surface area (Å²) in [6, 6.07) is 12.5. The van der Waals surface area contributed by atoms with Crippen LogP contribution in [0, 0.1) is 12.7 Å². The lowest BCUT2D eigenvalue weighted by Crippen LogP contribution is -1.99. The van der Waals surface area contributed by atoms with E-state index in [1.54, 1.807) is 49.4 Å². The van der Waals surface area contributed by atoms with E-state index in [1.807, 2.05) is 0 Å². The van der Waals surface area contributed by atoms with Crippen LogP contribution < -0.4 is 9.47 Å². The van der Waals surface area contributed by atoms with Crippen LogP contribution in [0.3, 0.4) is 0 Å². The molecule has 4 rings (SSSR count). The van der Waals surface area contributed by atoms with E-state index in [9.17, 15) is 9.18 Å². The SMILES string of the molecule is Cc1c(OCc2ccc(F)cc2Cl)ccc2c1O/C(=C\c1ccc(Cl)cc1Cl)C2=O. The molecule has 152 valence electrons. The average molecular weight is 464 g/mol. The van der Waals surface area contributed by atoms with Gasteiger partial charge < -0.3 is 9.47 Å². The van der Waals surface area contributed by atoms with Gasteiger partial charge in [0.15, 0.2) is 5.76 Å². The van der Waals surface area contributed by atoms with E-state index in [0.717, 1.165) is 0 Å². The summed E-state index contributed by atoms with van der Waals surface area (Å²) in [5.74, 6) is 0.472. The molecule has 0 N–H and O–H groups in total. The van der Waals surface area contributed by atoms with Crippen LogP contribution in [0.25, 0.3) is 6.08 Å². The quantitative estimate of drug-likeness (QED) is 0.381. The number of carbonyl (C=O) groups is 1. The molecule has 7 heteroatoms. The molecular formula is C23H14Cl3FO3. The Balaban J connectivity index is 1.59. The minimum atomic E-state index is -0.413. The topological polar surface area (TPSA) is 35.5 Å². The molecule has 0 bridgehead atoms. The largest absolute Gasteiger partial charge is 0.488 e. The van der Waals surface area contributed by atoms with Crippen LogP contribution in [0.1, 0.15) is 27.0 Å². The molecule has 1 heterocycles. The zero-order valence-electron chi connectivity index (χ0n) is 15.6. The number of hydrogen-bond donors (Lipinski definition) is 0. The first-order chi connectivity index (χ1) is 14.3. The van der Waals surface area contributed by atoms with Gasteiger partial charge in [-0.3, -0.25) is 4.79 Å². The molecule has 0 saturated heterocycles. The number of hydrogen-bond acceptors (Lipinski definition) is 3. The van der Waals surface area contributed by atoms with Crippen molar-refractivity contribution in [1.29, 1.82) is 0 Å². The van der Waals surface area contributed by atoms with Crippen molar-refractivity contribution in [2.24, 2.45) is 0 Å². The minimum Gasteiger partial charge on any atom is -0.488 e. The van der Waals surface area contributed by atoms with Crippen LogP contribution in [0.5, 0.6) is 11.5 Å². The summed E-state index contributed by atoms with van der Waals surface area (Å²) in [6.45, 7) is 1.95. The molecule has 0 aliphatic carbocycles. The van der Waals surface area contributed by atoms with Gasteiger partial charge >= 0.3 is 0 Å². The highest BCUT2D eigenvalue weighted by Gasteiger charge is 2.30. The Morgan fingerprint density at radius 1 is 1.03 bits per heavy atom. The van der Waals surface area contributed by atoms with Crippen LogP contribution in [0.2, 0.25) is 15.1 Å². The van der Waals surface area contributed by atoms with Gasteiger partial charge in [0, 0.05) is 21.2 Å². The third-order valence-corrected chi connectivity index (χ3v) is 5.60. The Bertz CT molecular complexity index is 1200. The number of ketones is 1. The fourth-order valence-corrected chi connectivity index (χ4v) is 3.76. The molecule has 1 aliphatic rings. The van der Waals surface area contributed by atoms with Gasteiger partial charge in [0.25, 0.3) is 0 Å². The van der Waals surface area contributed by atoms with Crippen molar-refractivity contribution in [1.82, 2.24) is 0 Å². The maximum Gasteiger partial charge on any atom is 0.231 e. The standard InChI is InChI=1S/C23H14Cl3FO3/c1-12-20(29-11-14-3-5-16(27)10-19(14)26)7-6-17-22(28)21(30-23(12)17)8-13-2-4-15(24)9-18(13)25/h2-10H,11H2,1H3/b21-8-. The second-order valence-electron chi connectivity index (χ2n) is 6.70. The normalized spacial score (nSPS) is 14.0. The number of ether oxygens (including phenoxy) is 2. The van der Waals surface area contributed by atoms with E-state index in [-0.39, 0.29) is 23.2 Å². The fourth-order valence-electron chi connectivity index (χ4n) is 3.08. The Hall–Kier alpha value is -2.53. The first-order valence-corrected chi connectivity index (χ1v) is 10.1. The van der Waals surface area contributed by atoms with E-state index in [0.29, 0.717) is 43.8 Å². The molecule has 0 unspecified atom stereocenters. The highest BCUT2D eigenvalue weighted by molar-refractivity contribution is 6.35. The van der Waals surface area contributed by atoms with E-state index >= 15 is 0 Å². The highest BCUT2D eigenvalue weighted by atomic mass is 35.5. The second kappa shape index (κ2) is 8.31. The molecular weight excluding hydrogens is 450 g/mol. The first kappa shape index (κ1) is 20.7. The number of benzene rings is 3. The molecule has 3 nitrogen and oxygen atoms in total. The number of allylic oxidation sites excluding steroid dienone is 1. The average Bonchev–Trinajstić information content (AvgIpc) is 3.01. The molecule has 0 aromatic heterocycles. The number of fused-ring (bicyclic) bond motifs is 1. The summed E-state index contributed by atoms with van der Waals surface area (Å²) in [5, 5.41) is 1.20. The number of carbonyl (C=O) groups excluding carboxylic acids is 1. The molecule has 0 radical (unpaired) electrons. The molecule has 0 saturated carbocycles. The van der Waals surface area contributed by atoms with E-state index in [4.69, 9.17) is 44.3 Å². The Morgan fingerprint density at radius 3 is 2.57 bits per heavy atom. The fraction of sp³-hybridized carbons (Fsp3) is 0.0870. The predicted octanol–water partition coefficient (Wildman–Crippen LogP) is 7.29. The van der Waals surface area contributed by atoms with Crippen LogP contribution >= 0.6 is 34.8 Å². The lowest BCUT2D eigenvalue weighted by atomic mass is 10.1. The predicted molar refractivity (Wildman–Crippen MR) is 116 cm³/mol. The van der Waals surface area contributed by atoms with Crippen LogP contribution in [0.4, 0.5) is 4.39 Å². The van der Waals surface area contributed by atoms with E-state index in [2.05, 4.69) is 0 Å². The summed E-state index contributed by atoms with van der Waals surface area (Å²) < 4.78 is 24.9. The van der Waals surface area contributed by atoms with Gasteiger partial charge in [-0.25, -0.2) is 4.39 Å². The molecule has 0 fully saturated rings. The molecule has 1 aliphatic heterocycles. The molecule has 0 amide bonds. The number of Topliss-reactive ketones (excluding diaryl/α,β-unsaturated/α-hetero) is 1. The van der Waals surface area contributed by atoms with Crippen LogP contribution in [-0.2, 0) is 6.61 Å². The van der Waals surface area contributed by atoms with Crippen molar-refractivity contribution in [3.8, 4) is 11.5 Å². The summed E-state index contributed by atoms with van der Waals surface area (Å²) >= 11 is 18.2. The van der Waals surface area contributed by atoms with Gasteiger partial charge in [0.2, 0.25) is 5.78 Å². The zero-order valence-corrected chi connectivity index (χ0v) is 17.9. The monoisotopic (exact) mass is 462 g/mol. The third-order valence-electron chi connectivity index (χ3n) is 4.68. The zero-order chi connectivity index (χ0) is 21.4. The Labute approximate surface area is 187 Å². The van der Waals surface area contributed by atoms with Crippen molar-refractivity contribution in [2.45, 2.75) is 13.5 Å². The molecule has 0 atom stereocenters. The van der Waals surface area contributed by atoms with Crippen molar-refractivity contribution < 1.29 is 18.7 Å². The summed E-state index contributed by atoms with van der Waals surface area (Å²) in [5.41, 5.74) is 2.38. The Kier molecular flexibility index (Phi) is 5.74. The molecule has 3 aromatic carbocycles. The van der Waals surface area contributed by atoms with Crippen molar-refractivity contribution in [2.75, 3.05) is 0 Å². The Morgan fingerprint density at radius 2 is 1.83 bits per heavy atom.